The molecule has 1 aromatic carbocycles. The summed E-state index contributed by atoms with van der Waals surface area (Å²) in [5.74, 6) is 0.582. The summed E-state index contributed by atoms with van der Waals surface area (Å²) in [5.41, 5.74) is 0.343. The Morgan fingerprint density at radius 1 is 1.18 bits per heavy atom. The summed E-state index contributed by atoms with van der Waals surface area (Å²) in [6.45, 7) is 2.30. The van der Waals surface area contributed by atoms with E-state index in [0.29, 0.717) is 52.6 Å². The molecule has 2 aromatic rings. The summed E-state index contributed by atoms with van der Waals surface area (Å²) in [7, 11) is 0. The van der Waals surface area contributed by atoms with Gasteiger partial charge in [0.1, 0.15) is 11.5 Å². The van der Waals surface area contributed by atoms with Crippen molar-refractivity contribution in [1.82, 2.24) is 10.0 Å². The van der Waals surface area contributed by atoms with Crippen molar-refractivity contribution in [2.45, 2.75) is 0 Å². The first-order valence-electron chi connectivity index (χ1n) is 8.49. The van der Waals surface area contributed by atoms with E-state index < -0.39 is 4.92 Å². The van der Waals surface area contributed by atoms with Crippen molar-refractivity contribution in [3.05, 3.63) is 57.2 Å². The van der Waals surface area contributed by atoms with Gasteiger partial charge in [0.05, 0.1) is 28.6 Å². The average molecular weight is 417 g/mol. The number of nitrogens with zero attached hydrogens (tertiary/aromatic N) is 3. The lowest BCUT2D eigenvalue weighted by atomic mass is 10.1. The maximum atomic E-state index is 12.8. The number of amides is 1. The van der Waals surface area contributed by atoms with Crippen molar-refractivity contribution in [3.8, 4) is 11.3 Å². The highest BCUT2D eigenvalue weighted by molar-refractivity contribution is 8.26. The zero-order valence-electron chi connectivity index (χ0n) is 14.6. The lowest BCUT2D eigenvalue weighted by Gasteiger charge is -2.33. The van der Waals surface area contributed by atoms with Crippen molar-refractivity contribution < 1.29 is 18.9 Å². The van der Waals surface area contributed by atoms with Crippen LogP contribution in [-0.4, -0.2) is 51.5 Å². The van der Waals surface area contributed by atoms with E-state index in [1.54, 1.807) is 36.4 Å². The molecule has 0 radical (unpaired) electrons. The van der Waals surface area contributed by atoms with Crippen LogP contribution < -0.4 is 0 Å². The van der Waals surface area contributed by atoms with E-state index in [1.807, 2.05) is 5.01 Å². The molecule has 0 unspecified atom stereocenters. The van der Waals surface area contributed by atoms with Gasteiger partial charge in [-0.05, 0) is 18.2 Å². The molecule has 144 valence electrons. The fourth-order valence-corrected chi connectivity index (χ4v) is 4.29. The van der Waals surface area contributed by atoms with E-state index in [0.717, 1.165) is 0 Å². The number of para-hydroxylation sites is 1. The predicted molar refractivity (Wildman–Crippen MR) is 108 cm³/mol. The number of nitro groups is 1. The van der Waals surface area contributed by atoms with Crippen molar-refractivity contribution in [3.63, 3.8) is 0 Å². The summed E-state index contributed by atoms with van der Waals surface area (Å²) < 4.78 is 11.5. The Morgan fingerprint density at radius 3 is 2.68 bits per heavy atom. The first kappa shape index (κ1) is 18.8. The molecule has 2 aliphatic heterocycles. The summed E-state index contributed by atoms with van der Waals surface area (Å²) >= 11 is 6.56. The van der Waals surface area contributed by atoms with Crippen LogP contribution in [-0.2, 0) is 9.53 Å². The molecule has 3 heterocycles. The summed E-state index contributed by atoms with van der Waals surface area (Å²) in [6, 6.07) is 9.67. The molecular formula is C18H15N3O5S2. The highest BCUT2D eigenvalue weighted by Gasteiger charge is 2.37. The molecule has 1 aromatic heterocycles. The molecule has 10 heteroatoms. The number of furan rings is 1. The zero-order valence-corrected chi connectivity index (χ0v) is 16.2. The number of rotatable bonds is 4. The number of hydrogen-bond acceptors (Lipinski definition) is 8. The smallest absolute Gasteiger partial charge is 0.281 e. The molecule has 2 aliphatic rings. The Kier molecular flexibility index (Phi) is 5.27. The van der Waals surface area contributed by atoms with Crippen LogP contribution in [0, 0.1) is 10.1 Å². The van der Waals surface area contributed by atoms with Gasteiger partial charge in [-0.15, -0.1) is 0 Å². The van der Waals surface area contributed by atoms with Gasteiger partial charge in [0, 0.05) is 25.2 Å². The van der Waals surface area contributed by atoms with Crippen molar-refractivity contribution >= 4 is 46.0 Å². The number of carbonyl (C=O) groups is 1. The normalized spacial score (nSPS) is 19.6. The standard InChI is InChI=1S/C18H15N3O5S2/c22-17-16(28-18(27)20(17)19-7-9-25-10-8-19)11-12-5-6-15(26-12)13-3-1-2-4-14(13)21(23)24/h1-6,11H,7-10H2/b16-11-. The van der Waals surface area contributed by atoms with Gasteiger partial charge in [0.15, 0.2) is 4.32 Å². The minimum atomic E-state index is -0.453. The quantitative estimate of drug-likeness (QED) is 0.324. The monoisotopic (exact) mass is 417 g/mol. The maximum Gasteiger partial charge on any atom is 0.281 e. The Morgan fingerprint density at radius 2 is 1.93 bits per heavy atom. The summed E-state index contributed by atoms with van der Waals surface area (Å²) in [5, 5.41) is 14.6. The highest BCUT2D eigenvalue weighted by Crippen LogP contribution is 2.36. The van der Waals surface area contributed by atoms with E-state index in [-0.39, 0.29) is 11.6 Å². The third-order valence-electron chi connectivity index (χ3n) is 4.31. The first-order chi connectivity index (χ1) is 13.5. The van der Waals surface area contributed by atoms with Crippen LogP contribution in [0.4, 0.5) is 5.69 Å². The zero-order chi connectivity index (χ0) is 19.7. The molecular weight excluding hydrogens is 402 g/mol. The number of benzene rings is 1. The molecule has 0 bridgehead atoms. The number of hydrogen-bond donors (Lipinski definition) is 0. The number of thiocarbonyl (C=S) groups is 1. The molecule has 4 rings (SSSR count). The lowest BCUT2D eigenvalue weighted by molar-refractivity contribution is -0.384. The van der Waals surface area contributed by atoms with Crippen molar-refractivity contribution in [2.24, 2.45) is 0 Å². The van der Waals surface area contributed by atoms with E-state index in [1.165, 1.54) is 22.8 Å². The van der Waals surface area contributed by atoms with E-state index in [9.17, 15) is 14.9 Å². The number of morpholine rings is 1. The molecule has 0 atom stereocenters. The number of ether oxygens (including phenoxy) is 1. The molecule has 1 amide bonds. The molecule has 0 spiro atoms. The third kappa shape index (κ3) is 3.59. The van der Waals surface area contributed by atoms with Gasteiger partial charge >= 0.3 is 0 Å². The van der Waals surface area contributed by atoms with Gasteiger partial charge in [0.2, 0.25) is 0 Å². The average Bonchev–Trinajstić information content (AvgIpc) is 3.27. The van der Waals surface area contributed by atoms with Crippen LogP contribution in [0.5, 0.6) is 0 Å². The molecule has 0 N–H and O–H groups in total. The lowest BCUT2D eigenvalue weighted by Crippen LogP contribution is -2.50. The molecule has 28 heavy (non-hydrogen) atoms. The van der Waals surface area contributed by atoms with Crippen LogP contribution in [0.3, 0.4) is 0 Å². The minimum absolute atomic E-state index is 0.0398. The fraction of sp³-hybridized carbons (Fsp3) is 0.222. The largest absolute Gasteiger partial charge is 0.456 e. The number of nitro benzene ring substituents is 1. The van der Waals surface area contributed by atoms with Crippen LogP contribution in [0.2, 0.25) is 0 Å². The van der Waals surface area contributed by atoms with Gasteiger partial charge in [-0.1, -0.05) is 36.1 Å². The van der Waals surface area contributed by atoms with E-state index >= 15 is 0 Å². The number of hydrazine groups is 1. The molecule has 2 saturated heterocycles. The van der Waals surface area contributed by atoms with E-state index in [4.69, 9.17) is 21.4 Å². The van der Waals surface area contributed by atoms with Crippen molar-refractivity contribution in [2.75, 3.05) is 26.3 Å². The summed E-state index contributed by atoms with van der Waals surface area (Å²) in [6.07, 6.45) is 1.61. The Balaban J connectivity index is 1.58. The molecule has 0 saturated carbocycles. The van der Waals surface area contributed by atoms with Gasteiger partial charge < -0.3 is 9.15 Å². The second kappa shape index (κ2) is 7.84. The minimum Gasteiger partial charge on any atom is -0.456 e. The summed E-state index contributed by atoms with van der Waals surface area (Å²) in [4.78, 5) is 24.0. The second-order valence-electron chi connectivity index (χ2n) is 6.04. The van der Waals surface area contributed by atoms with E-state index in [2.05, 4.69) is 0 Å². The number of thioether (sulfide) groups is 1. The molecule has 0 aliphatic carbocycles. The van der Waals surface area contributed by atoms with Gasteiger partial charge in [0.25, 0.3) is 11.6 Å². The molecule has 2 fully saturated rings. The topological polar surface area (TPSA) is 89.1 Å². The van der Waals surface area contributed by atoms with Crippen LogP contribution >= 0.6 is 24.0 Å². The first-order valence-corrected chi connectivity index (χ1v) is 9.71. The SMILES string of the molecule is O=C1/C(=C/c2ccc(-c3ccccc3[N+](=O)[O-])o2)SC(=S)N1N1CCOCC1. The van der Waals surface area contributed by atoms with Gasteiger partial charge in [-0.25, -0.2) is 10.0 Å². The molecule has 8 nitrogen and oxygen atoms in total. The Hall–Kier alpha value is -2.53. The van der Waals surface area contributed by atoms with Crippen LogP contribution in [0.25, 0.3) is 17.4 Å². The second-order valence-corrected chi connectivity index (χ2v) is 7.71. The maximum absolute atomic E-state index is 12.8. The van der Waals surface area contributed by atoms with Crippen molar-refractivity contribution in [1.29, 1.82) is 0 Å². The Labute approximate surface area is 169 Å². The van der Waals surface area contributed by atoms with Gasteiger partial charge in [-0.3, -0.25) is 14.9 Å². The van der Waals surface area contributed by atoms with Crippen LogP contribution in [0.1, 0.15) is 5.76 Å². The Bertz CT molecular complexity index is 981. The number of carbonyl (C=O) groups excluding carboxylic acids is 1. The van der Waals surface area contributed by atoms with Crippen LogP contribution in [0.15, 0.2) is 45.7 Å². The van der Waals surface area contributed by atoms with Gasteiger partial charge in [-0.2, -0.15) is 0 Å². The third-order valence-corrected chi connectivity index (χ3v) is 5.59. The highest BCUT2D eigenvalue weighted by atomic mass is 32.2. The fourth-order valence-electron chi connectivity index (χ4n) is 3.00. The predicted octanol–water partition coefficient (Wildman–Crippen LogP) is 3.30.